The van der Waals surface area contributed by atoms with Crippen LogP contribution in [0.25, 0.3) is 0 Å². The first kappa shape index (κ1) is 11.9. The Morgan fingerprint density at radius 1 is 1.12 bits per heavy atom. The number of fused-ring (bicyclic) bond motifs is 1. The standard InChI is InChI=1S/C14H25NO/c1-3-11(4-2)14(16)15-9-12-7-5-6-8-13(12)10-15/h11-13H,3-10H2,1-2H3. The van der Waals surface area contributed by atoms with Gasteiger partial charge in [-0.25, -0.2) is 0 Å². The van der Waals surface area contributed by atoms with Crippen molar-refractivity contribution in [3.8, 4) is 0 Å². The average molecular weight is 223 g/mol. The van der Waals surface area contributed by atoms with E-state index in [1.807, 2.05) is 0 Å². The van der Waals surface area contributed by atoms with Gasteiger partial charge in [0.2, 0.25) is 5.91 Å². The second-order valence-corrected chi connectivity index (χ2v) is 5.56. The molecule has 16 heavy (non-hydrogen) atoms. The van der Waals surface area contributed by atoms with E-state index in [0.29, 0.717) is 5.91 Å². The number of nitrogens with zero attached hydrogens (tertiary/aromatic N) is 1. The Bertz CT molecular complexity index is 233. The topological polar surface area (TPSA) is 20.3 Å². The largest absolute Gasteiger partial charge is 0.342 e. The van der Waals surface area contributed by atoms with Gasteiger partial charge >= 0.3 is 0 Å². The van der Waals surface area contributed by atoms with Gasteiger partial charge in [0.25, 0.3) is 0 Å². The molecule has 2 unspecified atom stereocenters. The summed E-state index contributed by atoms with van der Waals surface area (Å²) in [5.74, 6) is 2.36. The van der Waals surface area contributed by atoms with Gasteiger partial charge in [-0.1, -0.05) is 26.7 Å². The molecule has 2 atom stereocenters. The molecule has 0 spiro atoms. The van der Waals surface area contributed by atoms with Crippen LogP contribution in [0.4, 0.5) is 0 Å². The summed E-state index contributed by atoms with van der Waals surface area (Å²) in [6.45, 7) is 6.38. The Labute approximate surface area is 99.4 Å². The van der Waals surface area contributed by atoms with E-state index in [1.54, 1.807) is 0 Å². The number of hydrogen-bond donors (Lipinski definition) is 0. The third-order valence-corrected chi connectivity index (χ3v) is 4.62. The van der Waals surface area contributed by atoms with E-state index in [9.17, 15) is 4.79 Å². The number of rotatable bonds is 3. The number of carbonyl (C=O) groups is 1. The first-order chi connectivity index (χ1) is 7.76. The number of hydrogen-bond acceptors (Lipinski definition) is 1. The zero-order chi connectivity index (χ0) is 11.5. The average Bonchev–Trinajstić information content (AvgIpc) is 2.74. The van der Waals surface area contributed by atoms with E-state index in [2.05, 4.69) is 18.7 Å². The normalized spacial score (nSPS) is 29.6. The highest BCUT2D eigenvalue weighted by molar-refractivity contribution is 5.79. The molecule has 0 radical (unpaired) electrons. The van der Waals surface area contributed by atoms with Crippen molar-refractivity contribution in [3.05, 3.63) is 0 Å². The second-order valence-electron chi connectivity index (χ2n) is 5.56. The molecule has 2 fully saturated rings. The van der Waals surface area contributed by atoms with Crippen molar-refractivity contribution >= 4 is 5.91 Å². The Kier molecular flexibility index (Phi) is 3.88. The third kappa shape index (κ3) is 2.26. The van der Waals surface area contributed by atoms with Gasteiger partial charge in [-0.05, 0) is 37.5 Å². The maximum Gasteiger partial charge on any atom is 0.225 e. The molecule has 0 N–H and O–H groups in total. The molecule has 1 aliphatic carbocycles. The maximum absolute atomic E-state index is 12.3. The van der Waals surface area contributed by atoms with Gasteiger partial charge < -0.3 is 4.90 Å². The summed E-state index contributed by atoms with van der Waals surface area (Å²) in [6, 6.07) is 0. The maximum atomic E-state index is 12.3. The first-order valence-electron chi connectivity index (χ1n) is 7.05. The van der Waals surface area contributed by atoms with E-state index >= 15 is 0 Å². The monoisotopic (exact) mass is 223 g/mol. The molecule has 1 saturated carbocycles. The van der Waals surface area contributed by atoms with Crippen LogP contribution >= 0.6 is 0 Å². The second kappa shape index (κ2) is 5.20. The van der Waals surface area contributed by atoms with Crippen LogP contribution in [0.1, 0.15) is 52.4 Å². The van der Waals surface area contributed by atoms with Crippen molar-refractivity contribution in [2.24, 2.45) is 17.8 Å². The summed E-state index contributed by atoms with van der Waals surface area (Å²) in [4.78, 5) is 14.4. The van der Waals surface area contributed by atoms with Crippen molar-refractivity contribution in [2.75, 3.05) is 13.1 Å². The fourth-order valence-corrected chi connectivity index (χ4v) is 3.48. The molecule has 0 aromatic heterocycles. The quantitative estimate of drug-likeness (QED) is 0.720. The number of carbonyl (C=O) groups excluding carboxylic acids is 1. The summed E-state index contributed by atoms with van der Waals surface area (Å²) in [7, 11) is 0. The summed E-state index contributed by atoms with van der Waals surface area (Å²) < 4.78 is 0. The van der Waals surface area contributed by atoms with Crippen LogP contribution in [0.3, 0.4) is 0 Å². The van der Waals surface area contributed by atoms with Crippen molar-refractivity contribution in [1.82, 2.24) is 4.90 Å². The predicted octanol–water partition coefficient (Wildman–Crippen LogP) is 3.07. The van der Waals surface area contributed by atoms with Gasteiger partial charge in [0.15, 0.2) is 0 Å². The molecule has 0 aromatic rings. The van der Waals surface area contributed by atoms with Crippen LogP contribution in [-0.4, -0.2) is 23.9 Å². The van der Waals surface area contributed by atoms with Gasteiger partial charge in [-0.2, -0.15) is 0 Å². The molecule has 2 heteroatoms. The predicted molar refractivity (Wildman–Crippen MR) is 66.1 cm³/mol. The van der Waals surface area contributed by atoms with Crippen molar-refractivity contribution in [3.63, 3.8) is 0 Å². The van der Waals surface area contributed by atoms with E-state index < -0.39 is 0 Å². The van der Waals surface area contributed by atoms with E-state index in [4.69, 9.17) is 0 Å². The van der Waals surface area contributed by atoms with E-state index in [0.717, 1.165) is 37.8 Å². The molecule has 2 aliphatic rings. The van der Waals surface area contributed by atoms with E-state index in [1.165, 1.54) is 25.7 Å². The molecular formula is C14H25NO. The smallest absolute Gasteiger partial charge is 0.225 e. The molecule has 2 rings (SSSR count). The molecule has 2 nitrogen and oxygen atoms in total. The SMILES string of the molecule is CCC(CC)C(=O)N1CC2CCCCC2C1. The number of likely N-dealkylation sites (tertiary alicyclic amines) is 1. The van der Waals surface area contributed by atoms with Gasteiger partial charge in [-0.15, -0.1) is 0 Å². The van der Waals surface area contributed by atoms with Crippen molar-refractivity contribution < 1.29 is 4.79 Å². The van der Waals surface area contributed by atoms with Crippen LogP contribution in [0, 0.1) is 17.8 Å². The zero-order valence-corrected chi connectivity index (χ0v) is 10.7. The summed E-state index contributed by atoms with van der Waals surface area (Å²) in [6.07, 6.45) is 7.49. The molecule has 92 valence electrons. The lowest BCUT2D eigenvalue weighted by Crippen LogP contribution is -2.34. The van der Waals surface area contributed by atoms with Crippen LogP contribution in [-0.2, 0) is 4.79 Å². The Morgan fingerprint density at radius 3 is 2.06 bits per heavy atom. The molecule has 1 aliphatic heterocycles. The molecule has 1 amide bonds. The van der Waals surface area contributed by atoms with Crippen molar-refractivity contribution in [1.29, 1.82) is 0 Å². The van der Waals surface area contributed by atoms with Gasteiger partial charge in [0.05, 0.1) is 0 Å². The summed E-state index contributed by atoms with van der Waals surface area (Å²) in [5, 5.41) is 0. The Hall–Kier alpha value is -0.530. The molecular weight excluding hydrogens is 198 g/mol. The minimum atomic E-state index is 0.278. The first-order valence-corrected chi connectivity index (χ1v) is 7.05. The minimum Gasteiger partial charge on any atom is -0.342 e. The van der Waals surface area contributed by atoms with Crippen LogP contribution in [0.5, 0.6) is 0 Å². The summed E-state index contributed by atoms with van der Waals surface area (Å²) in [5.41, 5.74) is 0. The van der Waals surface area contributed by atoms with E-state index in [-0.39, 0.29) is 5.92 Å². The highest BCUT2D eigenvalue weighted by Gasteiger charge is 2.37. The molecule has 1 saturated heterocycles. The number of amides is 1. The Morgan fingerprint density at radius 2 is 1.62 bits per heavy atom. The molecule has 0 bridgehead atoms. The highest BCUT2D eigenvalue weighted by atomic mass is 16.2. The summed E-state index contributed by atoms with van der Waals surface area (Å²) >= 11 is 0. The zero-order valence-electron chi connectivity index (χ0n) is 10.7. The fourth-order valence-electron chi connectivity index (χ4n) is 3.48. The van der Waals surface area contributed by atoms with Crippen LogP contribution in [0.15, 0.2) is 0 Å². The highest BCUT2D eigenvalue weighted by Crippen LogP contribution is 2.36. The minimum absolute atomic E-state index is 0.278. The molecule has 1 heterocycles. The van der Waals surface area contributed by atoms with Gasteiger partial charge in [0.1, 0.15) is 0 Å². The lowest BCUT2D eigenvalue weighted by atomic mass is 9.82. The fraction of sp³-hybridized carbons (Fsp3) is 0.929. The lowest BCUT2D eigenvalue weighted by molar-refractivity contribution is -0.134. The lowest BCUT2D eigenvalue weighted by Gasteiger charge is -2.22. The van der Waals surface area contributed by atoms with Crippen LogP contribution in [0.2, 0.25) is 0 Å². The third-order valence-electron chi connectivity index (χ3n) is 4.62. The van der Waals surface area contributed by atoms with Crippen LogP contribution < -0.4 is 0 Å². The van der Waals surface area contributed by atoms with Gasteiger partial charge in [-0.3, -0.25) is 4.79 Å². The van der Waals surface area contributed by atoms with Crippen molar-refractivity contribution in [2.45, 2.75) is 52.4 Å². The molecule has 0 aromatic carbocycles. The van der Waals surface area contributed by atoms with Gasteiger partial charge in [0, 0.05) is 19.0 Å². The Balaban J connectivity index is 1.94.